The van der Waals surface area contributed by atoms with E-state index in [1.807, 2.05) is 19.9 Å². The smallest absolute Gasteiger partial charge is 0.127 e. The number of halogens is 1. The summed E-state index contributed by atoms with van der Waals surface area (Å²) in [4.78, 5) is 0. The highest BCUT2D eigenvalue weighted by molar-refractivity contribution is 5.30. The number of hydrogen-bond acceptors (Lipinski definition) is 3. The van der Waals surface area contributed by atoms with Gasteiger partial charge in [0.05, 0.1) is 6.61 Å². The van der Waals surface area contributed by atoms with Gasteiger partial charge in [0.1, 0.15) is 17.7 Å². The predicted octanol–water partition coefficient (Wildman–Crippen LogP) is 2.13. The molecule has 1 aromatic rings. The van der Waals surface area contributed by atoms with Crippen LogP contribution in [0.3, 0.4) is 0 Å². The number of ether oxygens (including phenoxy) is 2. The van der Waals surface area contributed by atoms with Gasteiger partial charge in [-0.15, -0.1) is 0 Å². The lowest BCUT2D eigenvalue weighted by Gasteiger charge is -2.15. The van der Waals surface area contributed by atoms with Crippen molar-refractivity contribution in [3.63, 3.8) is 0 Å². The molecular formula is C13H20FNO2. The first-order valence-electron chi connectivity index (χ1n) is 5.72. The molecule has 0 aliphatic carbocycles. The van der Waals surface area contributed by atoms with Crippen LogP contribution in [0, 0.1) is 5.82 Å². The molecule has 0 aliphatic rings. The van der Waals surface area contributed by atoms with Crippen LogP contribution in [-0.2, 0) is 11.2 Å². The Hall–Kier alpha value is -1.13. The van der Waals surface area contributed by atoms with Gasteiger partial charge in [-0.1, -0.05) is 0 Å². The average molecular weight is 241 g/mol. The molecule has 0 spiro atoms. The summed E-state index contributed by atoms with van der Waals surface area (Å²) < 4.78 is 23.9. The third-order valence-electron chi connectivity index (χ3n) is 2.23. The van der Waals surface area contributed by atoms with Crippen molar-refractivity contribution in [1.29, 1.82) is 0 Å². The second-order valence-electron chi connectivity index (χ2n) is 4.36. The Balaban J connectivity index is 2.74. The molecular weight excluding hydrogens is 221 g/mol. The van der Waals surface area contributed by atoms with Crippen LogP contribution in [0.2, 0.25) is 0 Å². The van der Waals surface area contributed by atoms with E-state index in [2.05, 4.69) is 0 Å². The zero-order valence-electron chi connectivity index (χ0n) is 10.6. The van der Waals surface area contributed by atoms with Crippen molar-refractivity contribution < 1.29 is 13.9 Å². The Labute approximate surface area is 102 Å². The van der Waals surface area contributed by atoms with E-state index in [0.29, 0.717) is 18.8 Å². The van der Waals surface area contributed by atoms with Crippen molar-refractivity contribution in [2.24, 2.45) is 5.73 Å². The molecule has 0 saturated heterocycles. The SMILES string of the molecule is COCC(C)Oc1cc(F)cc(CC(C)N)c1. The molecule has 1 rings (SSSR count). The average Bonchev–Trinajstić information content (AvgIpc) is 2.14. The van der Waals surface area contributed by atoms with Gasteiger partial charge >= 0.3 is 0 Å². The Kier molecular flexibility index (Phi) is 5.38. The van der Waals surface area contributed by atoms with Crippen LogP contribution in [0.1, 0.15) is 19.4 Å². The molecule has 4 heteroatoms. The minimum absolute atomic E-state index is 0.000971. The standard InChI is InChI=1S/C13H20FNO2/c1-9(15)4-11-5-12(14)7-13(6-11)17-10(2)8-16-3/h5-7,9-10H,4,8,15H2,1-3H3. The molecule has 0 amide bonds. The van der Waals surface area contributed by atoms with Crippen LogP contribution in [0.25, 0.3) is 0 Å². The summed E-state index contributed by atoms with van der Waals surface area (Å²) in [5, 5.41) is 0. The minimum Gasteiger partial charge on any atom is -0.488 e. The van der Waals surface area contributed by atoms with Crippen LogP contribution < -0.4 is 10.5 Å². The molecule has 1 aromatic carbocycles. The summed E-state index contributed by atoms with van der Waals surface area (Å²) in [5.41, 5.74) is 6.54. The maximum Gasteiger partial charge on any atom is 0.127 e. The van der Waals surface area contributed by atoms with Crippen molar-refractivity contribution in [3.8, 4) is 5.75 Å². The summed E-state index contributed by atoms with van der Waals surface area (Å²) in [6.45, 7) is 4.23. The van der Waals surface area contributed by atoms with Gasteiger partial charge in [0.2, 0.25) is 0 Å². The monoisotopic (exact) mass is 241 g/mol. The summed E-state index contributed by atoms with van der Waals surface area (Å²) in [7, 11) is 1.60. The highest BCUT2D eigenvalue weighted by atomic mass is 19.1. The first kappa shape index (κ1) is 13.9. The summed E-state index contributed by atoms with van der Waals surface area (Å²) in [6, 6.07) is 4.67. The Bertz CT molecular complexity index is 355. The van der Waals surface area contributed by atoms with Crippen LogP contribution in [-0.4, -0.2) is 25.9 Å². The van der Waals surface area contributed by atoms with Crippen molar-refractivity contribution in [2.75, 3.05) is 13.7 Å². The van der Waals surface area contributed by atoms with E-state index in [-0.39, 0.29) is 18.0 Å². The summed E-state index contributed by atoms with van der Waals surface area (Å²) in [6.07, 6.45) is 0.525. The number of rotatable bonds is 6. The molecule has 0 fully saturated rings. The van der Waals surface area contributed by atoms with Crippen LogP contribution in [0.5, 0.6) is 5.75 Å². The van der Waals surface area contributed by atoms with E-state index in [9.17, 15) is 4.39 Å². The van der Waals surface area contributed by atoms with E-state index in [4.69, 9.17) is 15.2 Å². The lowest BCUT2D eigenvalue weighted by atomic mass is 10.1. The first-order valence-corrected chi connectivity index (χ1v) is 5.72. The van der Waals surface area contributed by atoms with E-state index in [1.165, 1.54) is 12.1 Å². The quantitative estimate of drug-likeness (QED) is 0.829. The third kappa shape index (κ3) is 5.15. The molecule has 2 unspecified atom stereocenters. The molecule has 0 aliphatic heterocycles. The predicted molar refractivity (Wildman–Crippen MR) is 65.7 cm³/mol. The lowest BCUT2D eigenvalue weighted by Crippen LogP contribution is -2.19. The number of hydrogen-bond donors (Lipinski definition) is 1. The Morgan fingerprint density at radius 2 is 2.00 bits per heavy atom. The first-order chi connectivity index (χ1) is 8.01. The van der Waals surface area contributed by atoms with Crippen LogP contribution in [0.4, 0.5) is 4.39 Å². The third-order valence-corrected chi connectivity index (χ3v) is 2.23. The van der Waals surface area contributed by atoms with Crippen molar-refractivity contribution >= 4 is 0 Å². The molecule has 0 saturated carbocycles. The van der Waals surface area contributed by atoms with Crippen molar-refractivity contribution in [2.45, 2.75) is 32.4 Å². The van der Waals surface area contributed by atoms with Crippen molar-refractivity contribution in [1.82, 2.24) is 0 Å². The topological polar surface area (TPSA) is 44.5 Å². The molecule has 0 heterocycles. The van der Waals surface area contributed by atoms with Gasteiger partial charge in [-0.05, 0) is 38.0 Å². The number of benzene rings is 1. The maximum absolute atomic E-state index is 13.4. The van der Waals surface area contributed by atoms with Gasteiger partial charge in [-0.2, -0.15) is 0 Å². The minimum atomic E-state index is -0.303. The van der Waals surface area contributed by atoms with E-state index >= 15 is 0 Å². The second-order valence-corrected chi connectivity index (χ2v) is 4.36. The lowest BCUT2D eigenvalue weighted by molar-refractivity contribution is 0.0918. The molecule has 2 atom stereocenters. The maximum atomic E-state index is 13.4. The molecule has 2 N–H and O–H groups in total. The Morgan fingerprint density at radius 3 is 2.59 bits per heavy atom. The Morgan fingerprint density at radius 1 is 1.29 bits per heavy atom. The molecule has 17 heavy (non-hydrogen) atoms. The molecule has 3 nitrogen and oxygen atoms in total. The van der Waals surface area contributed by atoms with Gasteiger partial charge in [0.25, 0.3) is 0 Å². The fraction of sp³-hybridized carbons (Fsp3) is 0.538. The zero-order chi connectivity index (χ0) is 12.8. The largest absolute Gasteiger partial charge is 0.488 e. The number of nitrogens with two attached hydrogens (primary N) is 1. The van der Waals surface area contributed by atoms with Gasteiger partial charge in [0, 0.05) is 19.2 Å². The van der Waals surface area contributed by atoms with Gasteiger partial charge in [-0.3, -0.25) is 0 Å². The summed E-state index contributed by atoms with van der Waals surface area (Å²) >= 11 is 0. The molecule has 0 bridgehead atoms. The van der Waals surface area contributed by atoms with E-state index < -0.39 is 0 Å². The molecule has 96 valence electrons. The van der Waals surface area contributed by atoms with Crippen LogP contribution in [0.15, 0.2) is 18.2 Å². The van der Waals surface area contributed by atoms with E-state index in [1.54, 1.807) is 7.11 Å². The van der Waals surface area contributed by atoms with Gasteiger partial charge in [-0.25, -0.2) is 4.39 Å². The second kappa shape index (κ2) is 6.57. The fourth-order valence-electron chi connectivity index (χ4n) is 1.68. The number of methoxy groups -OCH3 is 1. The molecule has 0 radical (unpaired) electrons. The normalized spacial score (nSPS) is 14.4. The summed E-state index contributed by atoms with van der Waals surface area (Å²) in [5.74, 6) is 0.216. The van der Waals surface area contributed by atoms with Crippen LogP contribution >= 0.6 is 0 Å². The fourth-order valence-corrected chi connectivity index (χ4v) is 1.68. The van der Waals surface area contributed by atoms with E-state index in [0.717, 1.165) is 5.56 Å². The van der Waals surface area contributed by atoms with Gasteiger partial charge in [0.15, 0.2) is 0 Å². The van der Waals surface area contributed by atoms with Crippen molar-refractivity contribution in [3.05, 3.63) is 29.6 Å². The highest BCUT2D eigenvalue weighted by Crippen LogP contribution is 2.18. The zero-order valence-corrected chi connectivity index (χ0v) is 10.6. The molecule has 0 aromatic heterocycles. The van der Waals surface area contributed by atoms with Gasteiger partial charge < -0.3 is 15.2 Å². The highest BCUT2D eigenvalue weighted by Gasteiger charge is 2.07.